The largest absolute Gasteiger partial charge is 0.423 e. The van der Waals surface area contributed by atoms with Crippen LogP contribution in [0.1, 0.15) is 35.8 Å². The van der Waals surface area contributed by atoms with Crippen molar-refractivity contribution in [1.82, 2.24) is 5.32 Å². The van der Waals surface area contributed by atoms with Gasteiger partial charge < -0.3 is 15.7 Å². The SMILES string of the molecule is [2H]C1([2H])N(C(=O)Nc2cccc3c2[C@@H](c2cc(F)ccc2Cl)NC3=O)c2ccc(F)cc2[C@]1(O)C(F)(F)F. The average Bonchev–Trinajstić information content (AvgIpc) is 3.25. The number of fused-ring (bicyclic) bond motifs is 2. The lowest BCUT2D eigenvalue weighted by atomic mass is 9.95. The van der Waals surface area contributed by atoms with Gasteiger partial charge in [0.2, 0.25) is 5.60 Å². The summed E-state index contributed by atoms with van der Waals surface area (Å²) in [6, 6.07) is 6.68. The third-order valence-electron chi connectivity index (χ3n) is 5.90. The summed E-state index contributed by atoms with van der Waals surface area (Å²) in [5.41, 5.74) is -6.02. The van der Waals surface area contributed by atoms with Crippen LogP contribution in [-0.2, 0) is 5.60 Å². The summed E-state index contributed by atoms with van der Waals surface area (Å²) < 4.78 is 86.1. The minimum Gasteiger partial charge on any atom is -0.375 e. The molecule has 0 saturated carbocycles. The lowest BCUT2D eigenvalue weighted by Gasteiger charge is -2.27. The molecule has 0 aromatic heterocycles. The van der Waals surface area contributed by atoms with Gasteiger partial charge in [0.1, 0.15) is 11.6 Å². The van der Waals surface area contributed by atoms with Crippen LogP contribution < -0.4 is 15.5 Å². The summed E-state index contributed by atoms with van der Waals surface area (Å²) in [4.78, 5) is 26.0. The quantitative estimate of drug-likeness (QED) is 0.400. The molecule has 0 radical (unpaired) electrons. The van der Waals surface area contributed by atoms with Crippen LogP contribution in [0.25, 0.3) is 0 Å². The number of amides is 3. The van der Waals surface area contributed by atoms with E-state index in [1.54, 1.807) is 0 Å². The fraction of sp³-hybridized carbons (Fsp3) is 0.167. The number of anilines is 2. The van der Waals surface area contributed by atoms with Crippen LogP contribution in [0.5, 0.6) is 0 Å². The third kappa shape index (κ3) is 3.66. The van der Waals surface area contributed by atoms with Crippen LogP contribution in [0.3, 0.4) is 0 Å². The molecule has 3 N–H and O–H groups in total. The molecule has 6 nitrogen and oxygen atoms in total. The maximum absolute atomic E-state index is 14.0. The number of hydrogen-bond donors (Lipinski definition) is 3. The molecule has 0 fully saturated rings. The molecule has 2 aliphatic rings. The molecule has 0 bridgehead atoms. The first kappa shape index (κ1) is 21.6. The Balaban J connectivity index is 1.60. The number of hydrogen-bond acceptors (Lipinski definition) is 3. The highest BCUT2D eigenvalue weighted by atomic mass is 35.5. The summed E-state index contributed by atoms with van der Waals surface area (Å²) in [6.45, 7) is -3.82. The molecular weight excluding hydrogens is 509 g/mol. The number of carbonyl (C=O) groups is 2. The van der Waals surface area contributed by atoms with E-state index in [-0.39, 0.29) is 32.3 Å². The van der Waals surface area contributed by atoms with Crippen LogP contribution in [-0.4, -0.2) is 29.7 Å². The smallest absolute Gasteiger partial charge is 0.375 e. The van der Waals surface area contributed by atoms with E-state index in [1.807, 2.05) is 0 Å². The van der Waals surface area contributed by atoms with Crippen molar-refractivity contribution in [3.63, 3.8) is 0 Å². The normalized spacial score (nSPS) is 22.9. The number of urea groups is 1. The van der Waals surface area contributed by atoms with E-state index in [2.05, 4.69) is 10.6 Å². The minimum atomic E-state index is -5.64. The van der Waals surface area contributed by atoms with Crippen molar-refractivity contribution in [2.75, 3.05) is 16.7 Å². The van der Waals surface area contributed by atoms with Gasteiger partial charge in [0.15, 0.2) is 0 Å². The zero-order valence-electron chi connectivity index (χ0n) is 19.8. The van der Waals surface area contributed by atoms with Crippen molar-refractivity contribution >= 4 is 34.9 Å². The van der Waals surface area contributed by atoms with Crippen LogP contribution in [0, 0.1) is 11.6 Å². The zero-order valence-corrected chi connectivity index (χ0v) is 18.5. The number of β-amino-alcohol motifs (C(OH)–C–C–N with tert-alkyl or cyclic N) is 1. The predicted molar refractivity (Wildman–Crippen MR) is 120 cm³/mol. The molecule has 0 unspecified atom stereocenters. The monoisotopic (exact) mass is 525 g/mol. The van der Waals surface area contributed by atoms with E-state index in [0.29, 0.717) is 12.1 Å². The molecule has 2 aliphatic heterocycles. The second-order valence-corrected chi connectivity index (χ2v) is 8.49. The second-order valence-electron chi connectivity index (χ2n) is 8.09. The van der Waals surface area contributed by atoms with E-state index in [0.717, 1.165) is 18.2 Å². The Morgan fingerprint density at radius 3 is 2.58 bits per heavy atom. The van der Waals surface area contributed by atoms with E-state index >= 15 is 0 Å². The molecule has 0 aliphatic carbocycles. The first-order chi connectivity index (χ1) is 17.7. The van der Waals surface area contributed by atoms with E-state index in [1.165, 1.54) is 24.3 Å². The second kappa shape index (κ2) is 8.17. The van der Waals surface area contributed by atoms with Crippen LogP contribution in [0.15, 0.2) is 54.6 Å². The number of carbonyl (C=O) groups excluding carboxylic acids is 2. The lowest BCUT2D eigenvalue weighted by molar-refractivity contribution is -0.258. The predicted octanol–water partition coefficient (Wildman–Crippen LogP) is 5.25. The van der Waals surface area contributed by atoms with Crippen LogP contribution in [0.4, 0.5) is 38.1 Å². The van der Waals surface area contributed by atoms with Crippen molar-refractivity contribution in [2.45, 2.75) is 17.8 Å². The Morgan fingerprint density at radius 1 is 1.17 bits per heavy atom. The van der Waals surface area contributed by atoms with Gasteiger partial charge in [-0.1, -0.05) is 17.7 Å². The highest BCUT2D eigenvalue weighted by Crippen LogP contribution is 2.49. The first-order valence-corrected chi connectivity index (χ1v) is 10.7. The number of halogens is 6. The molecule has 3 amide bonds. The molecule has 3 aromatic carbocycles. The Kier molecular flexibility index (Phi) is 4.90. The van der Waals surface area contributed by atoms with E-state index in [9.17, 15) is 36.6 Å². The van der Waals surface area contributed by atoms with Gasteiger partial charge in [0.25, 0.3) is 5.91 Å². The summed E-state index contributed by atoms with van der Waals surface area (Å²) in [7, 11) is 0. The number of benzene rings is 3. The molecular formula is C24H15ClF5N3O3. The van der Waals surface area contributed by atoms with Crippen LogP contribution >= 0.6 is 11.6 Å². The molecule has 3 aromatic rings. The molecule has 5 rings (SSSR count). The van der Waals surface area contributed by atoms with Gasteiger partial charge in [-0.15, -0.1) is 0 Å². The minimum absolute atomic E-state index is 0.0308. The lowest BCUT2D eigenvalue weighted by Crippen LogP contribution is -2.48. The standard InChI is InChI=1S/C24H15ClF5N3O3/c25-16-6-4-11(26)8-14(16)20-19-13(21(34)32-20)2-1-3-17(19)31-22(35)33-10-23(36,24(28,29)30)15-9-12(27)5-7-18(15)33/h1-9,20,36H,10H2,(H,31,35)(H,32,34)/t20-,23+/m1/s1/i10D2. The highest BCUT2D eigenvalue weighted by molar-refractivity contribution is 6.31. The van der Waals surface area contributed by atoms with Crippen molar-refractivity contribution in [2.24, 2.45) is 0 Å². The number of aliphatic hydroxyl groups is 1. The van der Waals surface area contributed by atoms with Gasteiger partial charge in [-0.05, 0) is 48.5 Å². The molecule has 0 spiro atoms. The van der Waals surface area contributed by atoms with Gasteiger partial charge in [-0.25, -0.2) is 13.6 Å². The Hall–Kier alpha value is -3.70. The number of alkyl halides is 3. The Labute approximate surface area is 208 Å². The fourth-order valence-electron chi connectivity index (χ4n) is 4.26. The molecule has 36 heavy (non-hydrogen) atoms. The number of nitrogens with one attached hydrogen (secondary N) is 2. The summed E-state index contributed by atoms with van der Waals surface area (Å²) in [5, 5.41) is 15.5. The summed E-state index contributed by atoms with van der Waals surface area (Å²) in [6.07, 6.45) is -5.64. The van der Waals surface area contributed by atoms with Gasteiger partial charge in [0.05, 0.1) is 21.0 Å². The fourth-order valence-corrected chi connectivity index (χ4v) is 4.48. The molecule has 0 saturated heterocycles. The van der Waals surface area contributed by atoms with Gasteiger partial charge in [-0.2, -0.15) is 13.2 Å². The van der Waals surface area contributed by atoms with Gasteiger partial charge >= 0.3 is 12.2 Å². The number of rotatable bonds is 2. The molecule has 12 heteroatoms. The third-order valence-corrected chi connectivity index (χ3v) is 6.25. The molecule has 2 atom stereocenters. The van der Waals surface area contributed by atoms with Crippen LogP contribution in [0.2, 0.25) is 5.02 Å². The van der Waals surface area contributed by atoms with Gasteiger partial charge in [0, 0.05) is 33.0 Å². The van der Waals surface area contributed by atoms with Crippen molar-refractivity contribution in [3.8, 4) is 0 Å². The van der Waals surface area contributed by atoms with Crippen molar-refractivity contribution in [3.05, 3.63) is 93.5 Å². The van der Waals surface area contributed by atoms with Crippen molar-refractivity contribution < 1.29 is 39.4 Å². The van der Waals surface area contributed by atoms with Crippen molar-refractivity contribution in [1.29, 1.82) is 0 Å². The first-order valence-electron chi connectivity index (χ1n) is 11.3. The average molecular weight is 526 g/mol. The highest BCUT2D eigenvalue weighted by Gasteiger charge is 2.61. The zero-order chi connectivity index (χ0) is 27.8. The number of nitrogens with zero attached hydrogens (tertiary/aromatic N) is 1. The van der Waals surface area contributed by atoms with E-state index < -0.39 is 59.1 Å². The summed E-state index contributed by atoms with van der Waals surface area (Å²) in [5.74, 6) is -2.47. The molecule has 186 valence electrons. The maximum atomic E-state index is 14.0. The summed E-state index contributed by atoms with van der Waals surface area (Å²) >= 11 is 6.20. The molecule has 2 heterocycles. The Bertz CT molecular complexity index is 1520. The maximum Gasteiger partial charge on any atom is 0.423 e. The van der Waals surface area contributed by atoms with Gasteiger partial charge in [-0.3, -0.25) is 9.69 Å². The topological polar surface area (TPSA) is 81.7 Å². The van der Waals surface area contributed by atoms with E-state index in [4.69, 9.17) is 14.3 Å². The Morgan fingerprint density at radius 2 is 1.86 bits per heavy atom.